The average molecular weight is 494 g/mol. The van der Waals surface area contributed by atoms with Crippen molar-refractivity contribution in [1.29, 1.82) is 0 Å². The summed E-state index contributed by atoms with van der Waals surface area (Å²) in [5, 5.41) is 4.05. The zero-order chi connectivity index (χ0) is 20.9. The number of ether oxygens (including phenoxy) is 1. The quantitative estimate of drug-likeness (QED) is 0.235. The second kappa shape index (κ2) is 9.21. The molecule has 0 spiro atoms. The first-order valence-electron chi connectivity index (χ1n) is 8.23. The maximum Gasteiger partial charge on any atom is 0.345 e. The second-order valence-corrected chi connectivity index (χ2v) is 8.70. The number of nitrogens with zero attached hydrogens (tertiary/aromatic N) is 1. The van der Waals surface area contributed by atoms with Gasteiger partial charge in [0.2, 0.25) is 0 Å². The Bertz CT molecular complexity index is 1170. The van der Waals surface area contributed by atoms with E-state index in [0.717, 1.165) is 0 Å². The number of rotatable bonds is 6. The summed E-state index contributed by atoms with van der Waals surface area (Å²) in [4.78, 5) is 14.6. The van der Waals surface area contributed by atoms with Crippen LogP contribution in [0.3, 0.4) is 0 Å². The van der Waals surface area contributed by atoms with Gasteiger partial charge in [0.15, 0.2) is 0 Å². The van der Waals surface area contributed by atoms with E-state index in [-0.39, 0.29) is 21.2 Å². The highest BCUT2D eigenvalue weighted by molar-refractivity contribution is 9.10. The molecule has 0 amide bonds. The van der Waals surface area contributed by atoms with Gasteiger partial charge in [0.25, 0.3) is 10.0 Å². The van der Waals surface area contributed by atoms with Crippen LogP contribution in [-0.4, -0.2) is 20.6 Å². The standard InChI is InChI=1S/C20H14BrClN2O4S/c21-15-10-11-19(28-20(25)17-8-4-5-9-18(17)22)14(12-15)13-23-24-29(26,27)16-6-2-1-3-7-16/h1-13,24H/b23-13+. The zero-order valence-corrected chi connectivity index (χ0v) is 17.9. The summed E-state index contributed by atoms with van der Waals surface area (Å²) in [6.45, 7) is 0. The molecular formula is C20H14BrClN2O4S. The van der Waals surface area contributed by atoms with Crippen LogP contribution in [0, 0.1) is 0 Å². The molecular weight excluding hydrogens is 480 g/mol. The van der Waals surface area contributed by atoms with Gasteiger partial charge in [-0.15, -0.1) is 0 Å². The highest BCUT2D eigenvalue weighted by Crippen LogP contribution is 2.24. The summed E-state index contributed by atoms with van der Waals surface area (Å²) in [7, 11) is -3.81. The van der Waals surface area contributed by atoms with Crippen molar-refractivity contribution in [2.45, 2.75) is 4.90 Å². The molecule has 0 saturated heterocycles. The van der Waals surface area contributed by atoms with E-state index in [4.69, 9.17) is 16.3 Å². The number of benzene rings is 3. The number of carbonyl (C=O) groups is 1. The largest absolute Gasteiger partial charge is 0.422 e. The fraction of sp³-hybridized carbons (Fsp3) is 0. The van der Waals surface area contributed by atoms with E-state index in [1.165, 1.54) is 18.3 Å². The van der Waals surface area contributed by atoms with Crippen LogP contribution in [0.15, 0.2) is 87.3 Å². The van der Waals surface area contributed by atoms with Gasteiger partial charge in [-0.05, 0) is 42.5 Å². The Hall–Kier alpha value is -2.68. The molecule has 0 unspecified atom stereocenters. The van der Waals surface area contributed by atoms with Crippen LogP contribution in [0.1, 0.15) is 15.9 Å². The number of hydrogen-bond donors (Lipinski definition) is 1. The summed E-state index contributed by atoms with van der Waals surface area (Å²) in [5.41, 5.74) is 0.597. The number of hydrogen-bond acceptors (Lipinski definition) is 5. The van der Waals surface area contributed by atoms with Crippen molar-refractivity contribution in [3.05, 3.63) is 93.4 Å². The molecule has 29 heavy (non-hydrogen) atoms. The summed E-state index contributed by atoms with van der Waals surface area (Å²) >= 11 is 9.36. The first-order valence-corrected chi connectivity index (χ1v) is 10.9. The Balaban J connectivity index is 1.81. The van der Waals surface area contributed by atoms with Crippen molar-refractivity contribution in [3.8, 4) is 5.75 Å². The lowest BCUT2D eigenvalue weighted by molar-refractivity contribution is 0.0734. The predicted octanol–water partition coefficient (Wildman–Crippen LogP) is 4.63. The van der Waals surface area contributed by atoms with Gasteiger partial charge in [-0.25, -0.2) is 9.63 Å². The summed E-state index contributed by atoms with van der Waals surface area (Å²) in [5.74, 6) is -0.446. The third-order valence-electron chi connectivity index (χ3n) is 3.70. The molecule has 3 rings (SSSR count). The van der Waals surface area contributed by atoms with Crippen molar-refractivity contribution < 1.29 is 17.9 Å². The topological polar surface area (TPSA) is 84.8 Å². The molecule has 9 heteroatoms. The smallest absolute Gasteiger partial charge is 0.345 e. The van der Waals surface area contributed by atoms with E-state index in [0.29, 0.717) is 10.0 Å². The highest BCUT2D eigenvalue weighted by atomic mass is 79.9. The molecule has 3 aromatic carbocycles. The van der Waals surface area contributed by atoms with E-state index in [1.54, 1.807) is 60.7 Å². The molecule has 0 radical (unpaired) electrons. The maximum atomic E-state index is 12.4. The SMILES string of the molecule is O=C(Oc1ccc(Br)cc1/C=N/NS(=O)(=O)c1ccccc1)c1ccccc1Cl. The van der Waals surface area contributed by atoms with E-state index in [2.05, 4.69) is 25.9 Å². The number of sulfonamides is 1. The molecule has 0 fully saturated rings. The molecule has 0 heterocycles. The number of carbonyl (C=O) groups excluding carboxylic acids is 1. The average Bonchev–Trinajstić information content (AvgIpc) is 2.71. The fourth-order valence-electron chi connectivity index (χ4n) is 2.31. The van der Waals surface area contributed by atoms with Gasteiger partial charge in [0.1, 0.15) is 5.75 Å². The van der Waals surface area contributed by atoms with Crippen LogP contribution in [-0.2, 0) is 10.0 Å². The normalized spacial score (nSPS) is 11.4. The lowest BCUT2D eigenvalue weighted by Crippen LogP contribution is -2.18. The van der Waals surface area contributed by atoms with Crippen molar-refractivity contribution >= 4 is 49.7 Å². The van der Waals surface area contributed by atoms with Gasteiger partial charge in [0, 0.05) is 10.0 Å². The van der Waals surface area contributed by atoms with E-state index >= 15 is 0 Å². The van der Waals surface area contributed by atoms with Crippen molar-refractivity contribution in [2.75, 3.05) is 0 Å². The Morgan fingerprint density at radius 2 is 1.72 bits per heavy atom. The predicted molar refractivity (Wildman–Crippen MR) is 115 cm³/mol. The van der Waals surface area contributed by atoms with Gasteiger partial charge in [0.05, 0.1) is 21.7 Å². The minimum atomic E-state index is -3.81. The van der Waals surface area contributed by atoms with Crippen LogP contribution in [0.4, 0.5) is 0 Å². The number of hydrazone groups is 1. The molecule has 0 saturated carbocycles. The molecule has 0 aliphatic carbocycles. The Kier molecular flexibility index (Phi) is 6.68. The van der Waals surface area contributed by atoms with Crippen LogP contribution in [0.2, 0.25) is 5.02 Å². The molecule has 148 valence electrons. The fourth-order valence-corrected chi connectivity index (χ4v) is 3.72. The summed E-state index contributed by atoms with van der Waals surface area (Å²) < 4.78 is 30.6. The molecule has 6 nitrogen and oxygen atoms in total. The lowest BCUT2D eigenvalue weighted by Gasteiger charge is -2.09. The van der Waals surface area contributed by atoms with E-state index in [1.807, 2.05) is 0 Å². The Labute approximate surface area is 181 Å². The molecule has 1 N–H and O–H groups in total. The molecule has 0 aliphatic heterocycles. The minimum absolute atomic E-state index is 0.0803. The summed E-state index contributed by atoms with van der Waals surface area (Å²) in [6.07, 6.45) is 1.25. The third kappa shape index (κ3) is 5.44. The van der Waals surface area contributed by atoms with Crippen molar-refractivity contribution in [2.24, 2.45) is 5.10 Å². The maximum absolute atomic E-state index is 12.4. The molecule has 0 aliphatic rings. The first-order chi connectivity index (χ1) is 13.9. The van der Waals surface area contributed by atoms with Crippen LogP contribution >= 0.6 is 27.5 Å². The monoisotopic (exact) mass is 492 g/mol. The van der Waals surface area contributed by atoms with Crippen LogP contribution in [0.5, 0.6) is 5.75 Å². The van der Waals surface area contributed by atoms with E-state index < -0.39 is 16.0 Å². The Morgan fingerprint density at radius 3 is 2.45 bits per heavy atom. The summed E-state index contributed by atoms with van der Waals surface area (Å²) in [6, 6.07) is 19.2. The Morgan fingerprint density at radius 1 is 1.03 bits per heavy atom. The molecule has 3 aromatic rings. The van der Waals surface area contributed by atoms with Gasteiger partial charge in [-0.2, -0.15) is 13.5 Å². The third-order valence-corrected chi connectivity index (χ3v) is 5.76. The number of nitrogens with one attached hydrogen (secondary N) is 1. The van der Waals surface area contributed by atoms with E-state index in [9.17, 15) is 13.2 Å². The molecule has 0 bridgehead atoms. The van der Waals surface area contributed by atoms with Gasteiger partial charge in [-0.3, -0.25) is 0 Å². The van der Waals surface area contributed by atoms with Crippen molar-refractivity contribution in [1.82, 2.24) is 4.83 Å². The van der Waals surface area contributed by atoms with Gasteiger partial charge >= 0.3 is 5.97 Å². The first kappa shape index (κ1) is 21.0. The number of halogens is 2. The second-order valence-electron chi connectivity index (χ2n) is 5.72. The lowest BCUT2D eigenvalue weighted by atomic mass is 10.2. The van der Waals surface area contributed by atoms with Gasteiger partial charge in [-0.1, -0.05) is 57.9 Å². The molecule has 0 atom stereocenters. The minimum Gasteiger partial charge on any atom is -0.422 e. The number of esters is 1. The molecule has 0 aromatic heterocycles. The zero-order valence-electron chi connectivity index (χ0n) is 14.7. The van der Waals surface area contributed by atoms with Crippen LogP contribution < -0.4 is 9.57 Å². The van der Waals surface area contributed by atoms with Gasteiger partial charge < -0.3 is 4.74 Å². The highest BCUT2D eigenvalue weighted by Gasteiger charge is 2.15. The van der Waals surface area contributed by atoms with Crippen molar-refractivity contribution in [3.63, 3.8) is 0 Å². The van der Waals surface area contributed by atoms with Crippen LogP contribution in [0.25, 0.3) is 0 Å².